The van der Waals surface area contributed by atoms with Crippen LogP contribution in [0.4, 0.5) is 0 Å². The zero-order valence-electron chi connectivity index (χ0n) is 14.4. The van der Waals surface area contributed by atoms with E-state index in [9.17, 15) is 4.79 Å². The summed E-state index contributed by atoms with van der Waals surface area (Å²) < 4.78 is 5.23. The number of piperidine rings is 1. The zero-order valence-corrected chi connectivity index (χ0v) is 14.4. The van der Waals surface area contributed by atoms with Gasteiger partial charge in [0.2, 0.25) is 5.91 Å². The van der Waals surface area contributed by atoms with Crippen LogP contribution < -0.4 is 5.32 Å². The Morgan fingerprint density at radius 2 is 2.00 bits per heavy atom. The molecule has 4 heteroatoms. The van der Waals surface area contributed by atoms with E-state index in [0.717, 1.165) is 38.2 Å². The highest BCUT2D eigenvalue weighted by Crippen LogP contribution is 2.43. The van der Waals surface area contributed by atoms with E-state index < -0.39 is 0 Å². The molecule has 1 aliphatic heterocycles. The van der Waals surface area contributed by atoms with Crippen molar-refractivity contribution >= 4 is 12.0 Å². The number of rotatable bonds is 5. The summed E-state index contributed by atoms with van der Waals surface area (Å²) in [5.41, 5.74) is 3.06. The number of fused-ring (bicyclic) bond motifs is 2. The van der Waals surface area contributed by atoms with E-state index in [0.29, 0.717) is 13.0 Å². The van der Waals surface area contributed by atoms with Gasteiger partial charge in [0.25, 0.3) is 0 Å². The number of benzene rings is 1. The van der Waals surface area contributed by atoms with Crippen LogP contribution >= 0.6 is 0 Å². The number of carbonyl (C=O) groups is 1. The van der Waals surface area contributed by atoms with Crippen LogP contribution in [0.5, 0.6) is 0 Å². The molecule has 1 N–H and O–H groups in total. The molecule has 1 aromatic heterocycles. The van der Waals surface area contributed by atoms with Gasteiger partial charge in [-0.2, -0.15) is 0 Å². The molecule has 2 aliphatic rings. The van der Waals surface area contributed by atoms with Crippen LogP contribution in [0.15, 0.2) is 53.2 Å². The average Bonchev–Trinajstić information content (AvgIpc) is 3.29. The molecule has 25 heavy (non-hydrogen) atoms. The number of allylic oxidation sites excluding steroid dienone is 1. The number of carbonyl (C=O) groups excluding carboxylic acids is 1. The molecular weight excluding hydrogens is 312 g/mol. The maximum Gasteiger partial charge on any atom is 0.221 e. The van der Waals surface area contributed by atoms with E-state index in [2.05, 4.69) is 46.6 Å². The Morgan fingerprint density at radius 1 is 1.16 bits per heavy atom. The fourth-order valence-corrected chi connectivity index (χ4v) is 3.99. The molecule has 4 rings (SSSR count). The summed E-state index contributed by atoms with van der Waals surface area (Å²) in [6.45, 7) is 3.39. The molecule has 1 saturated heterocycles. The van der Waals surface area contributed by atoms with Crippen LogP contribution in [0.25, 0.3) is 6.08 Å². The van der Waals surface area contributed by atoms with Crippen LogP contribution in [0.2, 0.25) is 0 Å². The minimum Gasteiger partial charge on any atom is -0.467 e. The van der Waals surface area contributed by atoms with Gasteiger partial charge in [-0.15, -0.1) is 0 Å². The second kappa shape index (κ2) is 6.89. The third-order valence-electron chi connectivity index (χ3n) is 5.52. The molecule has 0 saturated carbocycles. The molecule has 0 unspecified atom stereocenters. The van der Waals surface area contributed by atoms with E-state index in [4.69, 9.17) is 4.42 Å². The molecule has 1 aromatic carbocycles. The van der Waals surface area contributed by atoms with Gasteiger partial charge in [0.15, 0.2) is 0 Å². The Bertz CT molecular complexity index is 756. The lowest BCUT2D eigenvalue weighted by Gasteiger charge is -2.39. The van der Waals surface area contributed by atoms with Gasteiger partial charge in [-0.05, 0) is 49.2 Å². The summed E-state index contributed by atoms with van der Waals surface area (Å²) >= 11 is 0. The predicted octanol–water partition coefficient (Wildman–Crippen LogP) is 3.35. The molecule has 0 bridgehead atoms. The zero-order chi connectivity index (χ0) is 17.1. The van der Waals surface area contributed by atoms with Crippen LogP contribution in [0.3, 0.4) is 0 Å². The summed E-state index contributed by atoms with van der Waals surface area (Å²) in [5.74, 6) is 0.878. The van der Waals surface area contributed by atoms with Gasteiger partial charge >= 0.3 is 0 Å². The minimum absolute atomic E-state index is 0.0859. The molecule has 130 valence electrons. The van der Waals surface area contributed by atoms with Gasteiger partial charge in [0.1, 0.15) is 5.76 Å². The number of hydrogen-bond acceptors (Lipinski definition) is 3. The average molecular weight is 336 g/mol. The van der Waals surface area contributed by atoms with Crippen LogP contribution in [0, 0.1) is 0 Å². The molecule has 0 radical (unpaired) electrons. The van der Waals surface area contributed by atoms with Crippen molar-refractivity contribution < 1.29 is 9.21 Å². The SMILES string of the molecule is O=C(CCN1CCC2(C=Cc3ccccc32)CC1)NCc1ccco1. The lowest BCUT2D eigenvalue weighted by Crippen LogP contribution is -2.42. The molecule has 1 spiro atoms. The van der Waals surface area contributed by atoms with Crippen molar-refractivity contribution in [1.29, 1.82) is 0 Å². The Kier molecular flexibility index (Phi) is 4.45. The summed E-state index contributed by atoms with van der Waals surface area (Å²) in [7, 11) is 0. The standard InChI is InChI=1S/C21H24N2O2/c24-20(22-16-18-5-3-15-25-18)8-12-23-13-10-21(11-14-23)9-7-17-4-1-2-6-19(17)21/h1-7,9,15H,8,10-14,16H2,(H,22,24). The van der Waals surface area contributed by atoms with Crippen LogP contribution in [-0.4, -0.2) is 30.4 Å². The van der Waals surface area contributed by atoms with Crippen molar-refractivity contribution in [3.8, 4) is 0 Å². The first-order valence-corrected chi connectivity index (χ1v) is 9.05. The normalized spacial score (nSPS) is 18.4. The van der Waals surface area contributed by atoms with Crippen LogP contribution in [0.1, 0.15) is 36.1 Å². The molecule has 4 nitrogen and oxygen atoms in total. The lowest BCUT2D eigenvalue weighted by molar-refractivity contribution is -0.121. The van der Waals surface area contributed by atoms with E-state index in [-0.39, 0.29) is 11.3 Å². The highest BCUT2D eigenvalue weighted by Gasteiger charge is 2.37. The summed E-state index contributed by atoms with van der Waals surface area (Å²) in [4.78, 5) is 14.4. The largest absolute Gasteiger partial charge is 0.467 e. The quantitative estimate of drug-likeness (QED) is 0.911. The van der Waals surface area contributed by atoms with Crippen molar-refractivity contribution in [3.63, 3.8) is 0 Å². The van der Waals surface area contributed by atoms with E-state index in [1.54, 1.807) is 6.26 Å². The Morgan fingerprint density at radius 3 is 2.80 bits per heavy atom. The molecular formula is C21H24N2O2. The van der Waals surface area contributed by atoms with Crippen molar-refractivity contribution in [2.45, 2.75) is 31.2 Å². The van der Waals surface area contributed by atoms with Gasteiger partial charge < -0.3 is 14.6 Å². The van der Waals surface area contributed by atoms with Crippen molar-refractivity contribution in [2.75, 3.05) is 19.6 Å². The first-order chi connectivity index (χ1) is 12.3. The first kappa shape index (κ1) is 16.2. The third kappa shape index (κ3) is 3.40. The second-order valence-electron chi connectivity index (χ2n) is 7.02. The molecule has 2 aromatic rings. The summed E-state index contributed by atoms with van der Waals surface area (Å²) in [6, 6.07) is 12.4. The number of nitrogens with zero attached hydrogens (tertiary/aromatic N) is 1. The van der Waals surface area contributed by atoms with Gasteiger partial charge in [0, 0.05) is 18.4 Å². The smallest absolute Gasteiger partial charge is 0.221 e. The Balaban J connectivity index is 1.24. The van der Waals surface area contributed by atoms with Gasteiger partial charge in [-0.25, -0.2) is 0 Å². The van der Waals surface area contributed by atoms with Gasteiger partial charge in [-0.1, -0.05) is 36.4 Å². The highest BCUT2D eigenvalue weighted by atomic mass is 16.3. The Hall–Kier alpha value is -2.33. The number of hydrogen-bond donors (Lipinski definition) is 1. The highest BCUT2D eigenvalue weighted by molar-refractivity contribution is 5.76. The van der Waals surface area contributed by atoms with Crippen molar-refractivity contribution in [3.05, 3.63) is 65.6 Å². The summed E-state index contributed by atoms with van der Waals surface area (Å²) in [6.07, 6.45) is 9.10. The van der Waals surface area contributed by atoms with Gasteiger partial charge in [-0.3, -0.25) is 4.79 Å². The lowest BCUT2D eigenvalue weighted by atomic mass is 9.74. The number of furan rings is 1. The van der Waals surface area contributed by atoms with E-state index in [1.165, 1.54) is 11.1 Å². The Labute approximate surface area is 148 Å². The third-order valence-corrected chi connectivity index (χ3v) is 5.52. The van der Waals surface area contributed by atoms with Crippen LogP contribution in [-0.2, 0) is 16.8 Å². The fourth-order valence-electron chi connectivity index (χ4n) is 3.99. The molecule has 2 heterocycles. The number of amides is 1. The number of likely N-dealkylation sites (tertiary alicyclic amines) is 1. The number of nitrogens with one attached hydrogen (secondary N) is 1. The second-order valence-corrected chi connectivity index (χ2v) is 7.02. The summed E-state index contributed by atoms with van der Waals surface area (Å²) in [5, 5.41) is 2.92. The van der Waals surface area contributed by atoms with Crippen molar-refractivity contribution in [1.82, 2.24) is 10.2 Å². The molecule has 0 atom stereocenters. The maximum absolute atomic E-state index is 12.0. The monoisotopic (exact) mass is 336 g/mol. The molecule has 1 aliphatic carbocycles. The molecule has 1 amide bonds. The topological polar surface area (TPSA) is 45.5 Å². The fraction of sp³-hybridized carbons (Fsp3) is 0.381. The van der Waals surface area contributed by atoms with E-state index >= 15 is 0 Å². The first-order valence-electron chi connectivity index (χ1n) is 9.05. The minimum atomic E-state index is 0.0859. The maximum atomic E-state index is 12.0. The molecule has 1 fully saturated rings. The predicted molar refractivity (Wildman–Crippen MR) is 98.0 cm³/mol. The van der Waals surface area contributed by atoms with Crippen molar-refractivity contribution in [2.24, 2.45) is 0 Å². The van der Waals surface area contributed by atoms with E-state index in [1.807, 2.05) is 12.1 Å². The van der Waals surface area contributed by atoms with Gasteiger partial charge in [0.05, 0.1) is 12.8 Å².